The molecule has 0 aromatic carbocycles. The molecular formula is C20H26ClN3O2S. The van der Waals surface area contributed by atoms with Gasteiger partial charge in [0.1, 0.15) is 11.9 Å². The first-order valence-electron chi connectivity index (χ1n) is 9.41. The quantitative estimate of drug-likeness (QED) is 0.230. The topological polar surface area (TPSA) is 66.2 Å². The molecule has 0 aliphatic carbocycles. The van der Waals surface area contributed by atoms with Gasteiger partial charge in [-0.15, -0.1) is 0 Å². The number of halogens is 1. The molecule has 0 spiro atoms. The molecule has 0 saturated carbocycles. The first-order chi connectivity index (χ1) is 13.1. The smallest absolute Gasteiger partial charge is 0.331 e. The summed E-state index contributed by atoms with van der Waals surface area (Å²) in [6.07, 6.45) is 8.26. The van der Waals surface area contributed by atoms with Gasteiger partial charge in [0.15, 0.2) is 0 Å². The van der Waals surface area contributed by atoms with E-state index in [0.717, 1.165) is 37.0 Å². The Morgan fingerprint density at radius 3 is 2.96 bits per heavy atom. The number of thioether (sulfide) groups is 1. The summed E-state index contributed by atoms with van der Waals surface area (Å²) in [5.74, 6) is 0.402. The van der Waals surface area contributed by atoms with E-state index in [-0.39, 0.29) is 18.0 Å². The summed E-state index contributed by atoms with van der Waals surface area (Å²) in [7, 11) is 0. The predicted molar refractivity (Wildman–Crippen MR) is 110 cm³/mol. The normalized spacial score (nSPS) is 15.4. The van der Waals surface area contributed by atoms with Gasteiger partial charge in [0.2, 0.25) is 0 Å². The maximum Gasteiger partial charge on any atom is 0.331 e. The summed E-state index contributed by atoms with van der Waals surface area (Å²) in [4.78, 5) is 19.1. The zero-order valence-electron chi connectivity index (χ0n) is 15.9. The SMILES string of the molecule is CCCCCC(CC)OC(=O)C=CSc1ccnc(N2CC(C#N)C2)c1Cl. The number of hydrogen-bond donors (Lipinski definition) is 0. The Balaban J connectivity index is 1.86. The van der Waals surface area contributed by atoms with Crippen LogP contribution in [0.25, 0.3) is 0 Å². The van der Waals surface area contributed by atoms with Crippen molar-refractivity contribution in [3.63, 3.8) is 0 Å². The molecule has 0 radical (unpaired) electrons. The van der Waals surface area contributed by atoms with Gasteiger partial charge < -0.3 is 9.64 Å². The van der Waals surface area contributed by atoms with Crippen molar-refractivity contribution in [3.05, 3.63) is 28.8 Å². The Morgan fingerprint density at radius 1 is 1.52 bits per heavy atom. The first kappa shape index (κ1) is 21.6. The van der Waals surface area contributed by atoms with Gasteiger partial charge in [0.05, 0.1) is 17.0 Å². The maximum atomic E-state index is 12.0. The van der Waals surface area contributed by atoms with E-state index in [1.165, 1.54) is 17.8 Å². The van der Waals surface area contributed by atoms with Crippen molar-refractivity contribution in [3.8, 4) is 6.07 Å². The first-order valence-corrected chi connectivity index (χ1v) is 10.7. The highest BCUT2D eigenvalue weighted by molar-refractivity contribution is 8.02. The second kappa shape index (κ2) is 11.2. The largest absolute Gasteiger partial charge is 0.459 e. The highest BCUT2D eigenvalue weighted by atomic mass is 35.5. The lowest BCUT2D eigenvalue weighted by atomic mass is 10.0. The summed E-state index contributed by atoms with van der Waals surface area (Å²) in [6.45, 7) is 5.49. The van der Waals surface area contributed by atoms with Crippen LogP contribution in [0.15, 0.2) is 28.6 Å². The summed E-state index contributed by atoms with van der Waals surface area (Å²) in [5, 5.41) is 11.1. The number of carbonyl (C=O) groups is 1. The molecule has 1 aromatic heterocycles. The number of rotatable bonds is 10. The average Bonchev–Trinajstić information content (AvgIpc) is 2.62. The van der Waals surface area contributed by atoms with Gasteiger partial charge in [-0.3, -0.25) is 0 Å². The Labute approximate surface area is 170 Å². The molecule has 1 saturated heterocycles. The van der Waals surface area contributed by atoms with Gasteiger partial charge in [0, 0.05) is 30.3 Å². The van der Waals surface area contributed by atoms with Crippen LogP contribution in [0.2, 0.25) is 5.02 Å². The fourth-order valence-corrected chi connectivity index (χ4v) is 3.82. The van der Waals surface area contributed by atoms with Crippen LogP contribution in [-0.2, 0) is 9.53 Å². The van der Waals surface area contributed by atoms with Crippen LogP contribution in [0.4, 0.5) is 5.82 Å². The van der Waals surface area contributed by atoms with Crippen LogP contribution >= 0.6 is 23.4 Å². The number of hydrogen-bond acceptors (Lipinski definition) is 6. The van der Waals surface area contributed by atoms with Crippen LogP contribution in [0, 0.1) is 17.2 Å². The minimum atomic E-state index is -0.323. The molecule has 7 heteroatoms. The molecule has 1 atom stereocenters. The second-order valence-electron chi connectivity index (χ2n) is 6.56. The van der Waals surface area contributed by atoms with Gasteiger partial charge >= 0.3 is 5.97 Å². The van der Waals surface area contributed by atoms with Crippen LogP contribution in [-0.4, -0.2) is 30.1 Å². The molecule has 2 rings (SSSR count). The van der Waals surface area contributed by atoms with Gasteiger partial charge in [-0.1, -0.05) is 50.1 Å². The minimum absolute atomic E-state index is 0.0192. The lowest BCUT2D eigenvalue weighted by molar-refractivity contribution is -0.143. The Bertz CT molecular complexity index is 699. The van der Waals surface area contributed by atoms with Crippen LogP contribution in [0.3, 0.4) is 0 Å². The summed E-state index contributed by atoms with van der Waals surface area (Å²) in [6, 6.07) is 4.05. The van der Waals surface area contributed by atoms with Gasteiger partial charge in [-0.25, -0.2) is 9.78 Å². The van der Waals surface area contributed by atoms with E-state index in [0.29, 0.717) is 23.9 Å². The number of esters is 1. The Hall–Kier alpha value is -1.71. The molecule has 0 N–H and O–H groups in total. The number of aromatic nitrogens is 1. The molecule has 27 heavy (non-hydrogen) atoms. The number of ether oxygens (including phenoxy) is 1. The van der Waals surface area contributed by atoms with Crippen LogP contribution in [0.5, 0.6) is 0 Å². The number of carbonyl (C=O) groups excluding carboxylic acids is 1. The van der Waals surface area contributed by atoms with Gasteiger partial charge in [0.25, 0.3) is 0 Å². The predicted octanol–water partition coefficient (Wildman–Crippen LogP) is 5.20. The van der Waals surface area contributed by atoms with Crippen molar-refractivity contribution >= 4 is 35.1 Å². The number of nitriles is 1. The van der Waals surface area contributed by atoms with Crippen LogP contribution in [0.1, 0.15) is 46.0 Å². The minimum Gasteiger partial charge on any atom is -0.459 e. The lowest BCUT2D eigenvalue weighted by Gasteiger charge is -2.36. The van der Waals surface area contributed by atoms with Crippen molar-refractivity contribution in [2.24, 2.45) is 5.92 Å². The zero-order valence-corrected chi connectivity index (χ0v) is 17.4. The van der Waals surface area contributed by atoms with E-state index in [1.54, 1.807) is 11.6 Å². The van der Waals surface area contributed by atoms with Crippen molar-refractivity contribution in [2.75, 3.05) is 18.0 Å². The average molecular weight is 408 g/mol. The lowest BCUT2D eigenvalue weighted by Crippen LogP contribution is -2.46. The third kappa shape index (κ3) is 6.44. The molecule has 1 fully saturated rings. The second-order valence-corrected chi connectivity index (χ2v) is 7.89. The Morgan fingerprint density at radius 2 is 2.30 bits per heavy atom. The molecule has 146 valence electrons. The van der Waals surface area contributed by atoms with Crippen molar-refractivity contribution in [1.82, 2.24) is 4.98 Å². The monoisotopic (exact) mass is 407 g/mol. The van der Waals surface area contributed by atoms with E-state index in [2.05, 4.69) is 18.0 Å². The molecule has 5 nitrogen and oxygen atoms in total. The number of unbranched alkanes of at least 4 members (excludes halogenated alkanes) is 2. The van der Waals surface area contributed by atoms with E-state index >= 15 is 0 Å². The summed E-state index contributed by atoms with van der Waals surface area (Å²) < 4.78 is 5.50. The van der Waals surface area contributed by atoms with Crippen molar-refractivity contribution in [1.29, 1.82) is 5.26 Å². The standard InChI is InChI=1S/C20H26ClN3O2S/c1-3-5-6-7-16(4-2)26-18(25)9-11-27-17-8-10-23-20(19(17)21)24-13-15(12-22)14-24/h8-11,15-16H,3-7,13-14H2,1-2H3. The highest BCUT2D eigenvalue weighted by Crippen LogP contribution is 2.36. The van der Waals surface area contributed by atoms with Crippen LogP contribution < -0.4 is 4.90 Å². The molecule has 1 aliphatic heterocycles. The van der Waals surface area contributed by atoms with Crippen molar-refractivity contribution < 1.29 is 9.53 Å². The van der Waals surface area contributed by atoms with E-state index < -0.39 is 0 Å². The zero-order chi connectivity index (χ0) is 19.6. The van der Waals surface area contributed by atoms with Crippen molar-refractivity contribution in [2.45, 2.75) is 57.0 Å². The van der Waals surface area contributed by atoms with Gasteiger partial charge in [-0.2, -0.15) is 5.26 Å². The number of pyridine rings is 1. The summed E-state index contributed by atoms with van der Waals surface area (Å²) in [5.41, 5.74) is 0. The molecule has 0 amide bonds. The molecule has 0 bridgehead atoms. The number of nitrogens with zero attached hydrogens (tertiary/aromatic N) is 3. The molecule has 1 aliphatic rings. The van der Waals surface area contributed by atoms with E-state index in [4.69, 9.17) is 21.6 Å². The highest BCUT2D eigenvalue weighted by Gasteiger charge is 2.29. The molecular weight excluding hydrogens is 382 g/mol. The number of anilines is 1. The molecule has 1 aromatic rings. The van der Waals surface area contributed by atoms with Gasteiger partial charge in [-0.05, 0) is 30.7 Å². The maximum absolute atomic E-state index is 12.0. The Kier molecular flexibility index (Phi) is 8.96. The molecule has 2 heterocycles. The third-order valence-electron chi connectivity index (χ3n) is 4.47. The summed E-state index contributed by atoms with van der Waals surface area (Å²) >= 11 is 7.80. The fraction of sp³-hybridized carbons (Fsp3) is 0.550. The third-order valence-corrected chi connectivity index (χ3v) is 5.82. The van der Waals surface area contributed by atoms with E-state index in [9.17, 15) is 4.79 Å². The fourth-order valence-electron chi connectivity index (χ4n) is 2.80. The van der Waals surface area contributed by atoms with E-state index in [1.807, 2.05) is 17.9 Å². The molecule has 1 unspecified atom stereocenters.